The van der Waals surface area contributed by atoms with Gasteiger partial charge in [-0.3, -0.25) is 9.69 Å². The molecule has 154 valence electrons. The molecular weight excluding hydrogens is 387 g/mol. The van der Waals surface area contributed by atoms with Crippen LogP contribution in [0.2, 0.25) is 0 Å². The van der Waals surface area contributed by atoms with E-state index in [-0.39, 0.29) is 11.7 Å². The molecule has 1 amide bonds. The molecule has 29 heavy (non-hydrogen) atoms. The second-order valence-corrected chi connectivity index (χ2v) is 8.22. The Morgan fingerprint density at radius 1 is 1.10 bits per heavy atom. The number of hydrogen-bond donors (Lipinski definition) is 1. The molecule has 1 aromatic heterocycles. The number of quaternary nitrogens is 1. The van der Waals surface area contributed by atoms with E-state index in [1.165, 1.54) is 28.4 Å². The highest BCUT2D eigenvalue weighted by molar-refractivity contribution is 7.22. The zero-order valence-corrected chi connectivity index (χ0v) is 18.2. The number of nitrogens with one attached hydrogen (secondary N) is 1. The minimum Gasteiger partial charge on any atom is -0.378 e. The standard InChI is InChI=1S/C22H27FN4OS/c1-5-26(6-2)13-14-27(21(28)16-7-10-18(11-8-16)25(3)4)22-24-19-12-9-17(23)15-20(19)29-22/h7-12,15H,5-6,13-14H2,1-4H3/p+1. The van der Waals surface area contributed by atoms with E-state index in [4.69, 9.17) is 0 Å². The summed E-state index contributed by atoms with van der Waals surface area (Å²) >= 11 is 1.35. The summed E-state index contributed by atoms with van der Waals surface area (Å²) in [6.07, 6.45) is 0. The van der Waals surface area contributed by atoms with Gasteiger partial charge in [0.2, 0.25) is 0 Å². The lowest BCUT2D eigenvalue weighted by atomic mass is 10.1. The van der Waals surface area contributed by atoms with Gasteiger partial charge in [-0.15, -0.1) is 0 Å². The predicted molar refractivity (Wildman–Crippen MR) is 119 cm³/mol. The first-order valence-electron chi connectivity index (χ1n) is 9.91. The third-order valence-electron chi connectivity index (χ3n) is 5.13. The molecule has 7 heteroatoms. The van der Waals surface area contributed by atoms with Crippen molar-refractivity contribution in [1.29, 1.82) is 0 Å². The maximum absolute atomic E-state index is 13.6. The van der Waals surface area contributed by atoms with E-state index >= 15 is 0 Å². The molecule has 0 unspecified atom stereocenters. The van der Waals surface area contributed by atoms with Gasteiger partial charge in [0.25, 0.3) is 5.91 Å². The Labute approximate surface area is 175 Å². The number of nitrogens with zero attached hydrogens (tertiary/aromatic N) is 3. The number of rotatable bonds is 8. The van der Waals surface area contributed by atoms with Gasteiger partial charge in [-0.05, 0) is 56.3 Å². The largest absolute Gasteiger partial charge is 0.378 e. The van der Waals surface area contributed by atoms with Crippen molar-refractivity contribution in [2.75, 3.05) is 50.1 Å². The van der Waals surface area contributed by atoms with Gasteiger partial charge < -0.3 is 9.80 Å². The maximum Gasteiger partial charge on any atom is 0.260 e. The lowest BCUT2D eigenvalue weighted by Crippen LogP contribution is -3.12. The first kappa shape index (κ1) is 21.2. The van der Waals surface area contributed by atoms with Crippen molar-refractivity contribution in [3.05, 3.63) is 53.8 Å². The molecule has 0 bridgehead atoms. The number of anilines is 2. The Morgan fingerprint density at radius 2 is 1.79 bits per heavy atom. The van der Waals surface area contributed by atoms with E-state index in [1.54, 1.807) is 11.0 Å². The van der Waals surface area contributed by atoms with Crippen LogP contribution in [0.3, 0.4) is 0 Å². The lowest BCUT2D eigenvalue weighted by molar-refractivity contribution is -0.894. The minimum atomic E-state index is -0.294. The Balaban J connectivity index is 1.93. The molecule has 5 nitrogen and oxygen atoms in total. The molecule has 0 aliphatic heterocycles. The molecule has 0 spiro atoms. The number of likely N-dealkylation sites (N-methyl/N-ethyl adjacent to an activating group) is 1. The van der Waals surface area contributed by atoms with Gasteiger partial charge in [0, 0.05) is 25.3 Å². The average molecular weight is 416 g/mol. The number of carbonyl (C=O) groups is 1. The molecule has 0 aliphatic carbocycles. The Hall–Kier alpha value is -2.51. The molecular formula is C22H28FN4OS+. The van der Waals surface area contributed by atoms with Gasteiger partial charge in [0.15, 0.2) is 5.13 Å². The summed E-state index contributed by atoms with van der Waals surface area (Å²) in [6, 6.07) is 12.1. The van der Waals surface area contributed by atoms with Crippen molar-refractivity contribution in [3.63, 3.8) is 0 Å². The van der Waals surface area contributed by atoms with E-state index in [0.29, 0.717) is 22.8 Å². The summed E-state index contributed by atoms with van der Waals surface area (Å²) in [5.74, 6) is -0.376. The van der Waals surface area contributed by atoms with Crippen LogP contribution in [0.5, 0.6) is 0 Å². The second kappa shape index (κ2) is 9.33. The van der Waals surface area contributed by atoms with Crippen molar-refractivity contribution < 1.29 is 14.1 Å². The number of aromatic nitrogens is 1. The SMILES string of the molecule is CC[NH+](CC)CCN(C(=O)c1ccc(N(C)C)cc1)c1nc2ccc(F)cc2s1. The first-order chi connectivity index (χ1) is 13.9. The van der Waals surface area contributed by atoms with Crippen molar-refractivity contribution >= 4 is 38.3 Å². The van der Waals surface area contributed by atoms with Gasteiger partial charge in [-0.1, -0.05) is 11.3 Å². The zero-order valence-electron chi connectivity index (χ0n) is 17.4. The average Bonchev–Trinajstić information content (AvgIpc) is 3.13. The lowest BCUT2D eigenvalue weighted by Gasteiger charge is -2.23. The summed E-state index contributed by atoms with van der Waals surface area (Å²) in [5, 5.41) is 0.610. The predicted octanol–water partition coefficient (Wildman–Crippen LogP) is 3.07. The first-order valence-corrected chi connectivity index (χ1v) is 10.7. The topological polar surface area (TPSA) is 40.9 Å². The number of fused-ring (bicyclic) bond motifs is 1. The van der Waals surface area contributed by atoms with E-state index in [0.717, 1.165) is 30.0 Å². The van der Waals surface area contributed by atoms with Crippen LogP contribution in [0.25, 0.3) is 10.2 Å². The quantitative estimate of drug-likeness (QED) is 0.615. The smallest absolute Gasteiger partial charge is 0.260 e. The number of thiazole rings is 1. The molecule has 0 fully saturated rings. The zero-order chi connectivity index (χ0) is 21.0. The molecule has 2 aromatic carbocycles. The Morgan fingerprint density at radius 3 is 2.41 bits per heavy atom. The highest BCUT2D eigenvalue weighted by Crippen LogP contribution is 2.30. The molecule has 1 N–H and O–H groups in total. The summed E-state index contributed by atoms with van der Waals surface area (Å²) in [6.45, 7) is 7.69. The number of hydrogen-bond acceptors (Lipinski definition) is 4. The van der Waals surface area contributed by atoms with Crippen LogP contribution in [0.15, 0.2) is 42.5 Å². The number of carbonyl (C=O) groups excluding carboxylic acids is 1. The van der Waals surface area contributed by atoms with E-state index < -0.39 is 0 Å². The summed E-state index contributed by atoms with van der Waals surface area (Å²) < 4.78 is 14.4. The molecule has 0 saturated carbocycles. The van der Waals surface area contributed by atoms with Gasteiger partial charge in [0.05, 0.1) is 36.4 Å². The van der Waals surface area contributed by atoms with E-state index in [9.17, 15) is 9.18 Å². The maximum atomic E-state index is 13.6. The van der Waals surface area contributed by atoms with Crippen LogP contribution in [0.1, 0.15) is 24.2 Å². The molecule has 0 saturated heterocycles. The summed E-state index contributed by atoms with van der Waals surface area (Å²) in [7, 11) is 3.94. The summed E-state index contributed by atoms with van der Waals surface area (Å²) in [4.78, 5) is 23.1. The molecule has 3 rings (SSSR count). The fraction of sp³-hybridized carbons (Fsp3) is 0.364. The Kier molecular flexibility index (Phi) is 6.82. The number of benzene rings is 2. The fourth-order valence-electron chi connectivity index (χ4n) is 3.22. The van der Waals surface area contributed by atoms with E-state index in [2.05, 4.69) is 18.8 Å². The van der Waals surface area contributed by atoms with Crippen LogP contribution in [-0.2, 0) is 0 Å². The highest BCUT2D eigenvalue weighted by atomic mass is 32.1. The van der Waals surface area contributed by atoms with Crippen molar-refractivity contribution in [1.82, 2.24) is 4.98 Å². The third kappa shape index (κ3) is 4.92. The van der Waals surface area contributed by atoms with Gasteiger partial charge in [0.1, 0.15) is 5.82 Å². The molecule has 0 atom stereocenters. The second-order valence-electron chi connectivity index (χ2n) is 7.21. The normalized spacial score (nSPS) is 11.2. The number of amides is 1. The fourth-order valence-corrected chi connectivity index (χ4v) is 4.23. The van der Waals surface area contributed by atoms with Crippen LogP contribution in [0.4, 0.5) is 15.2 Å². The van der Waals surface area contributed by atoms with Crippen molar-refractivity contribution in [2.24, 2.45) is 0 Å². The molecule has 0 aliphatic rings. The van der Waals surface area contributed by atoms with Crippen molar-refractivity contribution in [3.8, 4) is 0 Å². The Bertz CT molecular complexity index is 967. The van der Waals surface area contributed by atoms with Gasteiger partial charge in [-0.25, -0.2) is 9.37 Å². The molecule has 0 radical (unpaired) electrons. The monoisotopic (exact) mass is 415 g/mol. The van der Waals surface area contributed by atoms with Gasteiger partial charge >= 0.3 is 0 Å². The third-order valence-corrected chi connectivity index (χ3v) is 6.18. The molecule has 3 aromatic rings. The van der Waals surface area contributed by atoms with Crippen LogP contribution in [-0.4, -0.2) is 51.2 Å². The minimum absolute atomic E-state index is 0.0820. The van der Waals surface area contributed by atoms with Crippen LogP contribution in [0, 0.1) is 5.82 Å². The van der Waals surface area contributed by atoms with Crippen LogP contribution < -0.4 is 14.7 Å². The van der Waals surface area contributed by atoms with Crippen molar-refractivity contribution in [2.45, 2.75) is 13.8 Å². The highest BCUT2D eigenvalue weighted by Gasteiger charge is 2.23. The van der Waals surface area contributed by atoms with Gasteiger partial charge in [-0.2, -0.15) is 0 Å². The van der Waals surface area contributed by atoms with Crippen LogP contribution >= 0.6 is 11.3 Å². The van der Waals surface area contributed by atoms with E-state index in [1.807, 2.05) is 43.3 Å². The molecule has 1 heterocycles. The summed E-state index contributed by atoms with van der Waals surface area (Å²) in [5.41, 5.74) is 2.37. The number of halogens is 1.